The molecule has 1 aromatic carbocycles. The van der Waals surface area contributed by atoms with Gasteiger partial charge >= 0.3 is 0 Å². The van der Waals surface area contributed by atoms with Crippen LogP contribution in [-0.2, 0) is 4.79 Å². The van der Waals surface area contributed by atoms with Crippen molar-refractivity contribution in [3.05, 3.63) is 40.4 Å². The van der Waals surface area contributed by atoms with E-state index in [-0.39, 0.29) is 5.91 Å². The Hall–Kier alpha value is -1.33. The third kappa shape index (κ3) is 4.08. The van der Waals surface area contributed by atoms with E-state index in [1.165, 1.54) is 22.5 Å². The number of amides is 1. The van der Waals surface area contributed by atoms with Crippen molar-refractivity contribution in [3.63, 3.8) is 0 Å². The molecule has 2 aromatic rings. The van der Waals surface area contributed by atoms with Gasteiger partial charge in [0.15, 0.2) is 5.13 Å². The van der Waals surface area contributed by atoms with Crippen molar-refractivity contribution in [2.24, 2.45) is 0 Å². The van der Waals surface area contributed by atoms with E-state index in [0.29, 0.717) is 10.9 Å². The number of thioether (sulfide) groups is 1. The van der Waals surface area contributed by atoms with Crippen LogP contribution in [0.2, 0.25) is 0 Å². The fraction of sp³-hybridized carbons (Fsp3) is 0.286. The van der Waals surface area contributed by atoms with Crippen LogP contribution >= 0.6 is 23.1 Å². The molecule has 0 radical (unpaired) electrons. The van der Waals surface area contributed by atoms with Crippen molar-refractivity contribution in [1.82, 2.24) is 4.98 Å². The molecule has 5 heteroatoms. The number of aryl methyl sites for hydroxylation is 3. The van der Waals surface area contributed by atoms with E-state index in [4.69, 9.17) is 0 Å². The Labute approximate surface area is 121 Å². The minimum atomic E-state index is -0.0145. The summed E-state index contributed by atoms with van der Waals surface area (Å²) in [6, 6.07) is 6.26. The van der Waals surface area contributed by atoms with Crippen molar-refractivity contribution >= 4 is 34.1 Å². The predicted molar refractivity (Wildman–Crippen MR) is 82.1 cm³/mol. The molecule has 0 aliphatic heterocycles. The summed E-state index contributed by atoms with van der Waals surface area (Å²) in [6.45, 7) is 6.11. The van der Waals surface area contributed by atoms with Gasteiger partial charge in [-0.15, -0.1) is 23.1 Å². The fourth-order valence-corrected chi connectivity index (χ4v) is 3.16. The zero-order valence-electron chi connectivity index (χ0n) is 11.2. The Kier molecular flexibility index (Phi) is 4.61. The molecule has 0 aliphatic carbocycles. The Balaban J connectivity index is 1.89. The number of hydrogen-bond acceptors (Lipinski definition) is 4. The highest BCUT2D eigenvalue weighted by Crippen LogP contribution is 2.23. The maximum Gasteiger partial charge on any atom is 0.236 e. The Morgan fingerprint density at radius 1 is 1.37 bits per heavy atom. The SMILES string of the molecule is Cc1ccc(SCC(=O)Nc2ncc(C)s2)c(C)c1. The second-order valence-electron chi connectivity index (χ2n) is 4.38. The van der Waals surface area contributed by atoms with Crippen LogP contribution in [-0.4, -0.2) is 16.6 Å². The number of anilines is 1. The number of hydrogen-bond donors (Lipinski definition) is 1. The van der Waals surface area contributed by atoms with Crippen molar-refractivity contribution in [2.75, 3.05) is 11.1 Å². The second kappa shape index (κ2) is 6.21. The number of carbonyl (C=O) groups is 1. The lowest BCUT2D eigenvalue weighted by atomic mass is 10.2. The van der Waals surface area contributed by atoms with Crippen molar-refractivity contribution in [2.45, 2.75) is 25.7 Å². The first-order chi connectivity index (χ1) is 9.04. The molecule has 1 N–H and O–H groups in total. The van der Waals surface area contributed by atoms with Gasteiger partial charge in [0.1, 0.15) is 0 Å². The maximum absolute atomic E-state index is 11.8. The number of nitrogens with zero attached hydrogens (tertiary/aromatic N) is 1. The molecule has 0 saturated carbocycles. The molecular formula is C14H16N2OS2. The van der Waals surface area contributed by atoms with Crippen LogP contribution in [0.3, 0.4) is 0 Å². The predicted octanol–water partition coefficient (Wildman–Crippen LogP) is 3.80. The molecule has 1 heterocycles. The summed E-state index contributed by atoms with van der Waals surface area (Å²) >= 11 is 3.05. The summed E-state index contributed by atoms with van der Waals surface area (Å²) in [5.74, 6) is 0.391. The van der Waals surface area contributed by atoms with Crippen molar-refractivity contribution in [3.8, 4) is 0 Å². The molecular weight excluding hydrogens is 276 g/mol. The lowest BCUT2D eigenvalue weighted by Crippen LogP contribution is -2.13. The molecule has 0 atom stereocenters. The van der Waals surface area contributed by atoms with E-state index >= 15 is 0 Å². The number of benzene rings is 1. The third-order valence-electron chi connectivity index (χ3n) is 2.56. The normalized spacial score (nSPS) is 10.5. The van der Waals surface area contributed by atoms with Gasteiger partial charge in [0, 0.05) is 16.0 Å². The summed E-state index contributed by atoms with van der Waals surface area (Å²) in [7, 11) is 0. The lowest BCUT2D eigenvalue weighted by Gasteiger charge is -2.06. The topological polar surface area (TPSA) is 42.0 Å². The first-order valence-corrected chi connectivity index (χ1v) is 7.77. The highest BCUT2D eigenvalue weighted by atomic mass is 32.2. The van der Waals surface area contributed by atoms with Crippen molar-refractivity contribution < 1.29 is 4.79 Å². The Morgan fingerprint density at radius 3 is 2.79 bits per heavy atom. The minimum absolute atomic E-state index is 0.0145. The largest absolute Gasteiger partial charge is 0.301 e. The smallest absolute Gasteiger partial charge is 0.236 e. The third-order valence-corrected chi connectivity index (χ3v) is 4.56. The fourth-order valence-electron chi connectivity index (χ4n) is 1.67. The summed E-state index contributed by atoms with van der Waals surface area (Å²) in [4.78, 5) is 18.2. The summed E-state index contributed by atoms with van der Waals surface area (Å²) in [5, 5.41) is 3.48. The van der Waals surface area contributed by atoms with E-state index in [1.807, 2.05) is 6.92 Å². The zero-order chi connectivity index (χ0) is 13.8. The molecule has 0 unspecified atom stereocenters. The van der Waals surface area contributed by atoms with Crippen LogP contribution in [0, 0.1) is 20.8 Å². The van der Waals surface area contributed by atoms with E-state index in [2.05, 4.69) is 42.3 Å². The van der Waals surface area contributed by atoms with Gasteiger partial charge in [0.25, 0.3) is 0 Å². The van der Waals surface area contributed by atoms with Gasteiger partial charge in [0.2, 0.25) is 5.91 Å². The van der Waals surface area contributed by atoms with Crippen LogP contribution in [0.4, 0.5) is 5.13 Å². The molecule has 19 heavy (non-hydrogen) atoms. The first-order valence-electron chi connectivity index (χ1n) is 5.97. The van der Waals surface area contributed by atoms with Gasteiger partial charge in [-0.3, -0.25) is 4.79 Å². The molecule has 0 spiro atoms. The van der Waals surface area contributed by atoms with Gasteiger partial charge in [-0.2, -0.15) is 0 Å². The Morgan fingerprint density at radius 2 is 2.16 bits per heavy atom. The number of thiazole rings is 1. The number of nitrogens with one attached hydrogen (secondary N) is 1. The average molecular weight is 292 g/mol. The standard InChI is InChI=1S/C14H16N2OS2/c1-9-4-5-12(10(2)6-9)18-8-13(17)16-14-15-7-11(3)19-14/h4-7H,8H2,1-3H3,(H,15,16,17). The molecule has 0 fully saturated rings. The van der Waals surface area contributed by atoms with E-state index in [0.717, 1.165) is 9.77 Å². The molecule has 1 aromatic heterocycles. The van der Waals surface area contributed by atoms with Crippen LogP contribution in [0.1, 0.15) is 16.0 Å². The molecule has 0 saturated heterocycles. The van der Waals surface area contributed by atoms with Crippen LogP contribution in [0.5, 0.6) is 0 Å². The highest BCUT2D eigenvalue weighted by molar-refractivity contribution is 8.00. The molecule has 3 nitrogen and oxygen atoms in total. The first kappa shape index (κ1) is 14.1. The van der Waals surface area contributed by atoms with Gasteiger partial charge in [-0.05, 0) is 32.4 Å². The van der Waals surface area contributed by atoms with Crippen molar-refractivity contribution in [1.29, 1.82) is 0 Å². The number of carbonyl (C=O) groups excluding carboxylic acids is 1. The maximum atomic E-state index is 11.8. The average Bonchev–Trinajstić information content (AvgIpc) is 2.73. The number of aromatic nitrogens is 1. The summed E-state index contributed by atoms with van der Waals surface area (Å²) in [6.07, 6.45) is 1.76. The Bertz CT molecular complexity index is 593. The molecule has 0 aliphatic rings. The number of rotatable bonds is 4. The summed E-state index contributed by atoms with van der Waals surface area (Å²) in [5.41, 5.74) is 2.45. The molecule has 2 rings (SSSR count). The van der Waals surface area contributed by atoms with E-state index in [1.54, 1.807) is 18.0 Å². The highest BCUT2D eigenvalue weighted by Gasteiger charge is 2.07. The zero-order valence-corrected chi connectivity index (χ0v) is 12.8. The van der Waals surface area contributed by atoms with Gasteiger partial charge < -0.3 is 5.32 Å². The van der Waals surface area contributed by atoms with Gasteiger partial charge in [-0.1, -0.05) is 17.7 Å². The quantitative estimate of drug-likeness (QED) is 0.872. The van der Waals surface area contributed by atoms with Gasteiger partial charge in [-0.25, -0.2) is 4.98 Å². The lowest BCUT2D eigenvalue weighted by molar-refractivity contribution is -0.113. The van der Waals surface area contributed by atoms with Crippen LogP contribution in [0.15, 0.2) is 29.3 Å². The molecule has 1 amide bonds. The minimum Gasteiger partial charge on any atom is -0.301 e. The van der Waals surface area contributed by atoms with Crippen LogP contribution < -0.4 is 5.32 Å². The van der Waals surface area contributed by atoms with E-state index in [9.17, 15) is 4.79 Å². The van der Waals surface area contributed by atoms with E-state index < -0.39 is 0 Å². The molecule has 100 valence electrons. The summed E-state index contributed by atoms with van der Waals surface area (Å²) < 4.78 is 0. The molecule has 0 bridgehead atoms. The second-order valence-corrected chi connectivity index (χ2v) is 6.63. The van der Waals surface area contributed by atoms with Gasteiger partial charge in [0.05, 0.1) is 5.75 Å². The monoisotopic (exact) mass is 292 g/mol. The van der Waals surface area contributed by atoms with Crippen LogP contribution in [0.25, 0.3) is 0 Å².